The summed E-state index contributed by atoms with van der Waals surface area (Å²) >= 11 is 1.92. The highest BCUT2D eigenvalue weighted by molar-refractivity contribution is 7.98. The molecule has 1 nitrogen and oxygen atoms in total. The molecule has 0 saturated carbocycles. The molecule has 1 aliphatic rings. The molecule has 2 heteroatoms. The molecule has 1 heterocycles. The van der Waals surface area contributed by atoms with Crippen LogP contribution in [0.3, 0.4) is 0 Å². The van der Waals surface area contributed by atoms with Crippen LogP contribution in [0.5, 0.6) is 0 Å². The molecule has 0 aromatic rings. The third-order valence-corrected chi connectivity index (χ3v) is 2.23. The van der Waals surface area contributed by atoms with Crippen LogP contribution in [0.25, 0.3) is 0 Å². The van der Waals surface area contributed by atoms with E-state index in [1.54, 1.807) is 0 Å². The Hall–Kier alpha value is 0.310. The molecule has 0 amide bonds. The minimum absolute atomic E-state index is 0.852. The number of rotatable bonds is 2. The maximum atomic E-state index is 5.20. The van der Waals surface area contributed by atoms with Crippen molar-refractivity contribution in [2.45, 2.75) is 6.42 Å². The normalized spacial score (nSPS) is 28.9. The molecule has 0 aromatic carbocycles. The fraction of sp³-hybridized carbons (Fsp3) is 1.00. The zero-order valence-corrected chi connectivity index (χ0v) is 6.04. The van der Waals surface area contributed by atoms with Gasteiger partial charge in [-0.25, -0.2) is 0 Å². The number of hydrogen-bond donors (Lipinski definition) is 0. The Balaban J connectivity index is 2.06. The molecule has 1 aliphatic heterocycles. The molecule has 8 heavy (non-hydrogen) atoms. The highest BCUT2D eigenvalue weighted by Gasteiger charge is 2.13. The third-order valence-electron chi connectivity index (χ3n) is 1.43. The van der Waals surface area contributed by atoms with Gasteiger partial charge in [-0.2, -0.15) is 11.8 Å². The lowest BCUT2D eigenvalue weighted by molar-refractivity contribution is 0.189. The van der Waals surface area contributed by atoms with Crippen LogP contribution in [0, 0.1) is 5.92 Å². The summed E-state index contributed by atoms with van der Waals surface area (Å²) in [5, 5.41) is 0. The molecule has 48 valence electrons. The van der Waals surface area contributed by atoms with Gasteiger partial charge in [-0.05, 0) is 24.3 Å². The van der Waals surface area contributed by atoms with Crippen LogP contribution in [-0.4, -0.2) is 25.2 Å². The molecule has 1 saturated heterocycles. The Morgan fingerprint density at radius 3 is 3.12 bits per heavy atom. The Bertz CT molecular complexity index is 59.5. The Morgan fingerprint density at radius 1 is 1.75 bits per heavy atom. The summed E-state index contributed by atoms with van der Waals surface area (Å²) in [5.41, 5.74) is 0. The first kappa shape index (κ1) is 6.43. The summed E-state index contributed by atoms with van der Waals surface area (Å²) in [6.45, 7) is 1.99. The van der Waals surface area contributed by atoms with Gasteiger partial charge in [-0.1, -0.05) is 0 Å². The highest BCUT2D eigenvalue weighted by atomic mass is 32.2. The third kappa shape index (κ3) is 1.67. The summed E-state index contributed by atoms with van der Waals surface area (Å²) in [7, 11) is 0. The Kier molecular flexibility index (Phi) is 2.70. The topological polar surface area (TPSA) is 9.23 Å². The molecular formula is C6H12OS. The van der Waals surface area contributed by atoms with Crippen molar-refractivity contribution in [1.29, 1.82) is 0 Å². The first-order valence-electron chi connectivity index (χ1n) is 3.00. The number of ether oxygens (including phenoxy) is 1. The van der Waals surface area contributed by atoms with E-state index in [2.05, 4.69) is 6.26 Å². The van der Waals surface area contributed by atoms with Gasteiger partial charge in [0.1, 0.15) is 0 Å². The quantitative estimate of drug-likeness (QED) is 0.561. The molecule has 1 fully saturated rings. The van der Waals surface area contributed by atoms with E-state index in [4.69, 9.17) is 4.74 Å². The van der Waals surface area contributed by atoms with Gasteiger partial charge >= 0.3 is 0 Å². The lowest BCUT2D eigenvalue weighted by atomic mass is 10.2. The van der Waals surface area contributed by atoms with E-state index < -0.39 is 0 Å². The SMILES string of the molecule is CSCC1CCOC1. The molecular weight excluding hydrogens is 120 g/mol. The average Bonchev–Trinajstić information content (AvgIpc) is 2.19. The lowest BCUT2D eigenvalue weighted by Crippen LogP contribution is -2.00. The molecule has 1 unspecified atom stereocenters. The molecule has 0 aliphatic carbocycles. The van der Waals surface area contributed by atoms with Crippen LogP contribution in [0.1, 0.15) is 6.42 Å². The largest absolute Gasteiger partial charge is 0.381 e. The van der Waals surface area contributed by atoms with Gasteiger partial charge in [0.15, 0.2) is 0 Å². The molecule has 0 spiro atoms. The minimum atomic E-state index is 0.852. The van der Waals surface area contributed by atoms with E-state index in [-0.39, 0.29) is 0 Å². The van der Waals surface area contributed by atoms with Crippen molar-refractivity contribution < 1.29 is 4.74 Å². The van der Waals surface area contributed by atoms with Gasteiger partial charge in [0.25, 0.3) is 0 Å². The van der Waals surface area contributed by atoms with Gasteiger partial charge in [0.2, 0.25) is 0 Å². The lowest BCUT2D eigenvalue weighted by Gasteiger charge is -2.01. The number of thioether (sulfide) groups is 1. The fourth-order valence-electron chi connectivity index (χ4n) is 0.950. The molecule has 0 radical (unpaired) electrons. The van der Waals surface area contributed by atoms with Crippen LogP contribution < -0.4 is 0 Å². The molecule has 0 bridgehead atoms. The summed E-state index contributed by atoms with van der Waals surface area (Å²) in [6.07, 6.45) is 3.43. The second-order valence-corrected chi connectivity index (χ2v) is 3.10. The van der Waals surface area contributed by atoms with Crippen LogP contribution in [0.4, 0.5) is 0 Å². The fourth-order valence-corrected chi connectivity index (χ4v) is 1.68. The molecule has 0 N–H and O–H groups in total. The van der Waals surface area contributed by atoms with E-state index in [1.165, 1.54) is 12.2 Å². The standard InChI is InChI=1S/C6H12OS/c1-8-5-6-2-3-7-4-6/h6H,2-5H2,1H3. The van der Waals surface area contributed by atoms with E-state index in [0.29, 0.717) is 0 Å². The van der Waals surface area contributed by atoms with Crippen molar-refractivity contribution in [3.8, 4) is 0 Å². The maximum Gasteiger partial charge on any atom is 0.0503 e. The Morgan fingerprint density at radius 2 is 2.62 bits per heavy atom. The van der Waals surface area contributed by atoms with Gasteiger partial charge in [0.05, 0.1) is 6.61 Å². The predicted molar refractivity (Wildman–Crippen MR) is 37.3 cm³/mol. The van der Waals surface area contributed by atoms with E-state index in [9.17, 15) is 0 Å². The van der Waals surface area contributed by atoms with Gasteiger partial charge < -0.3 is 4.74 Å². The van der Waals surface area contributed by atoms with Crippen molar-refractivity contribution in [2.24, 2.45) is 5.92 Å². The Labute approximate surface area is 54.8 Å². The molecule has 1 atom stereocenters. The van der Waals surface area contributed by atoms with E-state index in [1.807, 2.05) is 11.8 Å². The summed E-state index contributed by atoms with van der Waals surface area (Å²) < 4.78 is 5.20. The van der Waals surface area contributed by atoms with Gasteiger partial charge in [-0.15, -0.1) is 0 Å². The van der Waals surface area contributed by atoms with Crippen LogP contribution in [-0.2, 0) is 4.74 Å². The number of hydrogen-bond acceptors (Lipinski definition) is 2. The predicted octanol–water partition coefficient (Wildman–Crippen LogP) is 1.39. The second kappa shape index (κ2) is 3.36. The van der Waals surface area contributed by atoms with E-state index >= 15 is 0 Å². The summed E-state index contributed by atoms with van der Waals surface area (Å²) in [4.78, 5) is 0. The van der Waals surface area contributed by atoms with Crippen molar-refractivity contribution >= 4 is 11.8 Å². The van der Waals surface area contributed by atoms with Crippen LogP contribution >= 0.6 is 11.8 Å². The molecule has 1 rings (SSSR count). The zero-order chi connectivity index (χ0) is 5.82. The average molecular weight is 132 g/mol. The van der Waals surface area contributed by atoms with Crippen molar-refractivity contribution in [3.63, 3.8) is 0 Å². The van der Waals surface area contributed by atoms with Crippen LogP contribution in [0.2, 0.25) is 0 Å². The van der Waals surface area contributed by atoms with Crippen molar-refractivity contribution in [1.82, 2.24) is 0 Å². The zero-order valence-electron chi connectivity index (χ0n) is 5.22. The first-order valence-corrected chi connectivity index (χ1v) is 4.39. The summed E-state index contributed by atoms with van der Waals surface area (Å²) in [6, 6.07) is 0. The minimum Gasteiger partial charge on any atom is -0.381 e. The van der Waals surface area contributed by atoms with E-state index in [0.717, 1.165) is 19.1 Å². The van der Waals surface area contributed by atoms with Crippen molar-refractivity contribution in [3.05, 3.63) is 0 Å². The van der Waals surface area contributed by atoms with Crippen LogP contribution in [0.15, 0.2) is 0 Å². The molecule has 0 aromatic heterocycles. The van der Waals surface area contributed by atoms with Gasteiger partial charge in [-0.3, -0.25) is 0 Å². The summed E-state index contributed by atoms with van der Waals surface area (Å²) in [5.74, 6) is 2.13. The monoisotopic (exact) mass is 132 g/mol. The second-order valence-electron chi connectivity index (χ2n) is 2.18. The van der Waals surface area contributed by atoms with Crippen molar-refractivity contribution in [2.75, 3.05) is 25.2 Å². The first-order chi connectivity index (χ1) is 3.93. The highest BCUT2D eigenvalue weighted by Crippen LogP contribution is 2.15. The maximum absolute atomic E-state index is 5.20. The van der Waals surface area contributed by atoms with Gasteiger partial charge in [0, 0.05) is 6.61 Å². The smallest absolute Gasteiger partial charge is 0.0503 e.